The molecule has 7 heteroatoms. The number of imide groups is 1. The maximum Gasteiger partial charge on any atom is 0.229 e. The molecule has 0 unspecified atom stereocenters. The van der Waals surface area contributed by atoms with E-state index in [0.29, 0.717) is 18.9 Å². The molecular weight excluding hydrogens is 372 g/mol. The van der Waals surface area contributed by atoms with Crippen LogP contribution in [0.3, 0.4) is 0 Å². The number of aromatic nitrogens is 2. The van der Waals surface area contributed by atoms with E-state index in [-0.39, 0.29) is 17.9 Å². The van der Waals surface area contributed by atoms with E-state index < -0.39 is 0 Å². The standard InChI is InChI=1S/C21H24N4O2S/c26-20-10-11-21(27)25(20)17-8-6-16(7-9-17)23-18-12-22-13-19(24-18)28-14-15-4-2-1-3-5-15/h1-5,12-13,16-17H,6-11,14H2,(H,23,24). The Bertz CT molecular complexity index is 821. The van der Waals surface area contributed by atoms with Gasteiger partial charge in [0.1, 0.15) is 10.8 Å². The van der Waals surface area contributed by atoms with Crippen LogP contribution in [0, 0.1) is 0 Å². The second-order valence-electron chi connectivity index (χ2n) is 7.32. The maximum atomic E-state index is 11.9. The highest BCUT2D eigenvalue weighted by Gasteiger charge is 2.36. The van der Waals surface area contributed by atoms with E-state index in [2.05, 4.69) is 27.4 Å². The topological polar surface area (TPSA) is 75.2 Å². The zero-order valence-electron chi connectivity index (χ0n) is 15.7. The molecule has 0 radical (unpaired) electrons. The second kappa shape index (κ2) is 8.73. The van der Waals surface area contributed by atoms with Gasteiger partial charge in [-0.2, -0.15) is 0 Å². The number of nitrogens with one attached hydrogen (secondary N) is 1. The van der Waals surface area contributed by atoms with E-state index in [9.17, 15) is 9.59 Å². The molecule has 1 aliphatic heterocycles. The monoisotopic (exact) mass is 396 g/mol. The summed E-state index contributed by atoms with van der Waals surface area (Å²) in [6, 6.07) is 10.7. The number of anilines is 1. The molecule has 2 amide bonds. The third kappa shape index (κ3) is 4.52. The number of carbonyl (C=O) groups is 2. The maximum absolute atomic E-state index is 11.9. The lowest BCUT2D eigenvalue weighted by atomic mass is 9.90. The molecule has 28 heavy (non-hydrogen) atoms. The van der Waals surface area contributed by atoms with Gasteiger partial charge in [0.25, 0.3) is 0 Å². The van der Waals surface area contributed by atoms with Crippen molar-refractivity contribution in [3.63, 3.8) is 0 Å². The van der Waals surface area contributed by atoms with E-state index in [1.165, 1.54) is 10.5 Å². The number of nitrogens with zero attached hydrogens (tertiary/aromatic N) is 3. The number of benzene rings is 1. The molecule has 2 fully saturated rings. The van der Waals surface area contributed by atoms with Crippen LogP contribution < -0.4 is 5.32 Å². The highest BCUT2D eigenvalue weighted by molar-refractivity contribution is 7.98. The number of rotatable bonds is 6. The first-order chi connectivity index (χ1) is 13.7. The summed E-state index contributed by atoms with van der Waals surface area (Å²) in [5.74, 6) is 1.64. The number of carbonyl (C=O) groups excluding carboxylic acids is 2. The van der Waals surface area contributed by atoms with Crippen LogP contribution in [0.25, 0.3) is 0 Å². The summed E-state index contributed by atoms with van der Waals surface area (Å²) < 4.78 is 0. The van der Waals surface area contributed by atoms with Gasteiger partial charge in [-0.15, -0.1) is 11.8 Å². The van der Waals surface area contributed by atoms with Crippen molar-refractivity contribution in [2.75, 3.05) is 5.32 Å². The summed E-state index contributed by atoms with van der Waals surface area (Å²) >= 11 is 1.67. The van der Waals surface area contributed by atoms with Crippen LogP contribution in [0.4, 0.5) is 5.82 Å². The molecule has 1 saturated heterocycles. The summed E-state index contributed by atoms with van der Waals surface area (Å²) in [6.45, 7) is 0. The molecule has 1 aromatic carbocycles. The second-order valence-corrected chi connectivity index (χ2v) is 8.32. The van der Waals surface area contributed by atoms with Crippen LogP contribution >= 0.6 is 11.8 Å². The van der Waals surface area contributed by atoms with Crippen LogP contribution in [-0.2, 0) is 15.3 Å². The molecule has 1 aliphatic carbocycles. The zero-order valence-corrected chi connectivity index (χ0v) is 16.5. The van der Waals surface area contributed by atoms with Gasteiger partial charge >= 0.3 is 0 Å². The molecule has 146 valence electrons. The Hall–Kier alpha value is -2.41. The predicted octanol–water partition coefficient (Wildman–Crippen LogP) is 3.64. The average molecular weight is 397 g/mol. The van der Waals surface area contributed by atoms with Gasteiger partial charge in [0.05, 0.1) is 12.4 Å². The van der Waals surface area contributed by atoms with Crippen molar-refractivity contribution in [3.05, 3.63) is 48.3 Å². The van der Waals surface area contributed by atoms with Crippen molar-refractivity contribution in [2.45, 2.75) is 61.4 Å². The van der Waals surface area contributed by atoms with Crippen molar-refractivity contribution in [2.24, 2.45) is 0 Å². The lowest BCUT2D eigenvalue weighted by Gasteiger charge is -2.33. The fraction of sp³-hybridized carbons (Fsp3) is 0.429. The van der Waals surface area contributed by atoms with E-state index >= 15 is 0 Å². The Kier molecular flexibility index (Phi) is 5.90. The zero-order chi connectivity index (χ0) is 19.3. The number of hydrogen-bond acceptors (Lipinski definition) is 6. The van der Waals surface area contributed by atoms with Gasteiger partial charge in [0, 0.05) is 30.7 Å². The Morgan fingerprint density at radius 3 is 2.43 bits per heavy atom. The van der Waals surface area contributed by atoms with Gasteiger partial charge < -0.3 is 5.32 Å². The SMILES string of the molecule is O=C1CCC(=O)N1C1CCC(Nc2cncc(SCc3ccccc3)n2)CC1. The normalized spacial score (nSPS) is 22.5. The molecule has 6 nitrogen and oxygen atoms in total. The minimum absolute atomic E-state index is 0.00424. The minimum Gasteiger partial charge on any atom is -0.366 e. The van der Waals surface area contributed by atoms with Crippen molar-refractivity contribution >= 4 is 29.4 Å². The molecule has 0 bridgehead atoms. The Balaban J connectivity index is 1.29. The van der Waals surface area contributed by atoms with E-state index in [4.69, 9.17) is 0 Å². The molecule has 0 spiro atoms. The molecule has 1 aromatic heterocycles. The average Bonchev–Trinajstić information content (AvgIpc) is 3.06. The highest BCUT2D eigenvalue weighted by atomic mass is 32.2. The third-order valence-corrected chi connectivity index (χ3v) is 6.32. The lowest BCUT2D eigenvalue weighted by Crippen LogP contribution is -2.43. The van der Waals surface area contributed by atoms with Crippen LogP contribution in [0.5, 0.6) is 0 Å². The summed E-state index contributed by atoms with van der Waals surface area (Å²) in [4.78, 5) is 34.4. The molecule has 1 N–H and O–H groups in total. The van der Waals surface area contributed by atoms with E-state index in [1.54, 1.807) is 24.2 Å². The molecular formula is C21H24N4O2S. The van der Waals surface area contributed by atoms with Crippen molar-refractivity contribution < 1.29 is 9.59 Å². The number of thioether (sulfide) groups is 1. The van der Waals surface area contributed by atoms with Gasteiger partial charge in [-0.1, -0.05) is 30.3 Å². The van der Waals surface area contributed by atoms with Crippen LogP contribution in [0.2, 0.25) is 0 Å². The Morgan fingerprint density at radius 2 is 1.71 bits per heavy atom. The number of hydrogen-bond donors (Lipinski definition) is 1. The first-order valence-corrected chi connectivity index (χ1v) is 10.8. The lowest BCUT2D eigenvalue weighted by molar-refractivity contribution is -0.141. The molecule has 0 atom stereocenters. The van der Waals surface area contributed by atoms with Gasteiger partial charge in [-0.05, 0) is 31.2 Å². The van der Waals surface area contributed by atoms with E-state index in [1.807, 2.05) is 18.2 Å². The fourth-order valence-corrected chi connectivity index (χ4v) is 4.71. The quantitative estimate of drug-likeness (QED) is 0.593. The Morgan fingerprint density at radius 1 is 1.00 bits per heavy atom. The first-order valence-electron chi connectivity index (χ1n) is 9.79. The number of amides is 2. The van der Waals surface area contributed by atoms with E-state index in [0.717, 1.165) is 42.3 Å². The summed E-state index contributed by atoms with van der Waals surface area (Å²) in [6.07, 6.45) is 7.85. The fourth-order valence-electron chi connectivity index (χ4n) is 3.91. The number of likely N-dealkylation sites (tertiary alicyclic amines) is 1. The third-order valence-electron chi connectivity index (χ3n) is 5.35. The molecule has 2 heterocycles. The molecule has 1 saturated carbocycles. The smallest absolute Gasteiger partial charge is 0.229 e. The van der Waals surface area contributed by atoms with Gasteiger partial charge in [0.2, 0.25) is 11.8 Å². The largest absolute Gasteiger partial charge is 0.366 e. The van der Waals surface area contributed by atoms with Crippen molar-refractivity contribution in [1.29, 1.82) is 0 Å². The van der Waals surface area contributed by atoms with Crippen LogP contribution in [0.15, 0.2) is 47.8 Å². The Labute approximate surface area is 169 Å². The summed E-state index contributed by atoms with van der Waals surface area (Å²) in [5.41, 5.74) is 1.26. The molecule has 2 aliphatic rings. The van der Waals surface area contributed by atoms with Gasteiger partial charge in [-0.25, -0.2) is 4.98 Å². The van der Waals surface area contributed by atoms with Crippen molar-refractivity contribution in [3.8, 4) is 0 Å². The van der Waals surface area contributed by atoms with Crippen LogP contribution in [-0.4, -0.2) is 38.8 Å². The summed E-state index contributed by atoms with van der Waals surface area (Å²) in [5, 5.41) is 4.38. The van der Waals surface area contributed by atoms with Gasteiger partial charge in [0.15, 0.2) is 0 Å². The van der Waals surface area contributed by atoms with Crippen LogP contribution in [0.1, 0.15) is 44.1 Å². The summed E-state index contributed by atoms with van der Waals surface area (Å²) in [7, 11) is 0. The highest BCUT2D eigenvalue weighted by Crippen LogP contribution is 2.29. The van der Waals surface area contributed by atoms with Gasteiger partial charge in [-0.3, -0.25) is 19.5 Å². The first kappa shape index (κ1) is 18.9. The predicted molar refractivity (Wildman–Crippen MR) is 109 cm³/mol. The van der Waals surface area contributed by atoms with Crippen molar-refractivity contribution in [1.82, 2.24) is 14.9 Å². The molecule has 4 rings (SSSR count). The molecule has 2 aromatic rings. The minimum atomic E-state index is -0.00424.